The molecule has 61 heavy (non-hydrogen) atoms. The van der Waals surface area contributed by atoms with Crippen molar-refractivity contribution in [1.82, 2.24) is 24.2 Å². The van der Waals surface area contributed by atoms with Crippen molar-refractivity contribution in [3.63, 3.8) is 0 Å². The number of imidazole rings is 1. The number of pyridine rings is 1. The van der Waals surface area contributed by atoms with Gasteiger partial charge in [-0.1, -0.05) is 67.9 Å². The number of amides is 1. The van der Waals surface area contributed by atoms with Crippen LogP contribution < -0.4 is 18.5 Å². The Morgan fingerprint density at radius 1 is 0.984 bits per heavy atom. The summed E-state index contributed by atoms with van der Waals surface area (Å²) in [5.41, 5.74) is 3.57. The Hall–Kier alpha value is -5.42. The number of aromatic nitrogens is 3. The molecule has 0 saturated carbocycles. The quantitative estimate of drug-likeness (QED) is 0.118. The molecule has 2 saturated heterocycles. The number of para-hydroxylation sites is 1. The summed E-state index contributed by atoms with van der Waals surface area (Å²) in [5, 5.41) is 0.535. The molecule has 17 heteroatoms. The van der Waals surface area contributed by atoms with Gasteiger partial charge in [0.15, 0.2) is 11.5 Å². The number of nitrogens with one attached hydrogen (secondary N) is 1. The van der Waals surface area contributed by atoms with Gasteiger partial charge in [0.2, 0.25) is 0 Å². The third kappa shape index (κ3) is 8.99. The zero-order chi connectivity index (χ0) is 42.9. The molecule has 0 aliphatic carbocycles. The number of piperidine rings is 1. The Labute approximate surface area is 360 Å². The number of hydrogen-bond donors (Lipinski definition) is 1. The standard InChI is InChI=1S/C44H49ClN6O9S/c1-5-57-40(52)25-50(61(54,55)48-42(53)58-26-29-10-7-6-8-11-29)32-15-16-34-35(22-32)51(38-27-56-28-43(38,2)3)39(47-34)24-49-20-18-30(19-21-49)33-12-9-13-36-41(33)60-44(4,59-36)37-17-14-31(45)23-46-37/h6-17,22-23,30,38H,5,18-21,24-28H2,1-4H3,(H,48,53)/t38-,44+/m1/s1. The maximum Gasteiger partial charge on any atom is 0.422 e. The van der Waals surface area contributed by atoms with Crippen LogP contribution in [-0.2, 0) is 48.2 Å². The van der Waals surface area contributed by atoms with Crippen molar-refractivity contribution >= 4 is 50.6 Å². The molecule has 5 heterocycles. The zero-order valence-electron chi connectivity index (χ0n) is 34.5. The van der Waals surface area contributed by atoms with Gasteiger partial charge < -0.3 is 28.3 Å². The fourth-order valence-electron chi connectivity index (χ4n) is 8.30. The number of likely N-dealkylation sites (tertiary alicyclic amines) is 1. The minimum Gasteiger partial charge on any atom is -0.465 e. The summed E-state index contributed by atoms with van der Waals surface area (Å²) in [7, 11) is -4.67. The van der Waals surface area contributed by atoms with E-state index < -0.39 is 34.6 Å². The molecular weight excluding hydrogens is 824 g/mol. The van der Waals surface area contributed by atoms with Crippen LogP contribution in [0, 0.1) is 5.41 Å². The first-order valence-electron chi connectivity index (χ1n) is 20.3. The van der Waals surface area contributed by atoms with Gasteiger partial charge in [0.1, 0.15) is 24.7 Å². The number of benzene rings is 3. The normalized spacial score (nSPS) is 20.1. The number of anilines is 1. The van der Waals surface area contributed by atoms with Crippen LogP contribution in [0.25, 0.3) is 11.0 Å². The molecule has 3 aromatic carbocycles. The van der Waals surface area contributed by atoms with Crippen molar-refractivity contribution in [2.45, 2.75) is 71.4 Å². The van der Waals surface area contributed by atoms with E-state index in [-0.39, 0.29) is 36.3 Å². The van der Waals surface area contributed by atoms with Crippen molar-refractivity contribution in [2.75, 3.05) is 43.8 Å². The lowest BCUT2D eigenvalue weighted by atomic mass is 9.87. The highest BCUT2D eigenvalue weighted by Gasteiger charge is 2.43. The fourth-order valence-corrected chi connectivity index (χ4v) is 9.46. The zero-order valence-corrected chi connectivity index (χ0v) is 36.1. The highest BCUT2D eigenvalue weighted by atomic mass is 35.5. The van der Waals surface area contributed by atoms with Crippen LogP contribution in [0.1, 0.15) is 75.1 Å². The fraction of sp³-hybridized carbons (Fsp3) is 0.409. The number of hydrogen-bond acceptors (Lipinski definition) is 12. The first-order valence-corrected chi connectivity index (χ1v) is 22.2. The van der Waals surface area contributed by atoms with Crippen LogP contribution >= 0.6 is 11.6 Å². The van der Waals surface area contributed by atoms with Crippen LogP contribution in [0.15, 0.2) is 85.1 Å². The minimum absolute atomic E-state index is 0.0413. The molecule has 1 N–H and O–H groups in total. The molecule has 0 unspecified atom stereocenters. The molecule has 1 amide bonds. The predicted octanol–water partition coefficient (Wildman–Crippen LogP) is 7.25. The maximum atomic E-state index is 13.9. The van der Waals surface area contributed by atoms with E-state index in [9.17, 15) is 18.0 Å². The van der Waals surface area contributed by atoms with E-state index >= 15 is 0 Å². The van der Waals surface area contributed by atoms with Crippen molar-refractivity contribution in [3.8, 4) is 11.5 Å². The van der Waals surface area contributed by atoms with E-state index in [2.05, 4.69) is 34.4 Å². The molecule has 8 rings (SSSR count). The Bertz CT molecular complexity index is 2510. The molecule has 2 aromatic heterocycles. The summed E-state index contributed by atoms with van der Waals surface area (Å²) in [4.78, 5) is 37.6. The molecule has 0 bridgehead atoms. The van der Waals surface area contributed by atoms with Gasteiger partial charge in [0, 0.05) is 24.1 Å². The second-order valence-corrected chi connectivity index (χ2v) is 18.3. The second kappa shape index (κ2) is 17.2. The van der Waals surface area contributed by atoms with Crippen molar-refractivity contribution in [1.29, 1.82) is 0 Å². The van der Waals surface area contributed by atoms with Crippen LogP contribution in [0.2, 0.25) is 5.02 Å². The van der Waals surface area contributed by atoms with Crippen LogP contribution in [0.4, 0.5) is 10.5 Å². The monoisotopic (exact) mass is 872 g/mol. The van der Waals surface area contributed by atoms with E-state index in [0.29, 0.717) is 52.8 Å². The van der Waals surface area contributed by atoms with Gasteiger partial charge in [0.05, 0.1) is 54.2 Å². The largest absolute Gasteiger partial charge is 0.465 e. The Morgan fingerprint density at radius 3 is 2.48 bits per heavy atom. The predicted molar refractivity (Wildman–Crippen MR) is 228 cm³/mol. The van der Waals surface area contributed by atoms with E-state index in [0.717, 1.165) is 47.4 Å². The van der Waals surface area contributed by atoms with Crippen LogP contribution in [0.5, 0.6) is 11.5 Å². The van der Waals surface area contributed by atoms with Gasteiger partial charge in [-0.05, 0) is 80.7 Å². The van der Waals surface area contributed by atoms with E-state index in [1.807, 2.05) is 35.9 Å². The third-order valence-electron chi connectivity index (χ3n) is 11.5. The highest BCUT2D eigenvalue weighted by molar-refractivity contribution is 7.91. The summed E-state index contributed by atoms with van der Waals surface area (Å²) >= 11 is 6.10. The Kier molecular flexibility index (Phi) is 11.9. The van der Waals surface area contributed by atoms with Crippen LogP contribution in [0.3, 0.4) is 0 Å². The number of carbonyl (C=O) groups is 2. The van der Waals surface area contributed by atoms with Gasteiger partial charge >= 0.3 is 22.3 Å². The van der Waals surface area contributed by atoms with Gasteiger partial charge in [0.25, 0.3) is 5.79 Å². The lowest BCUT2D eigenvalue weighted by molar-refractivity contribution is -0.141. The third-order valence-corrected chi connectivity index (χ3v) is 13.1. The average molecular weight is 873 g/mol. The molecule has 2 atom stereocenters. The Balaban J connectivity index is 1.04. The van der Waals surface area contributed by atoms with E-state index in [1.165, 1.54) is 0 Å². The first kappa shape index (κ1) is 42.3. The summed E-state index contributed by atoms with van der Waals surface area (Å²) in [5.74, 6) is 0.586. The molecule has 322 valence electrons. The smallest absolute Gasteiger partial charge is 0.422 e. The van der Waals surface area contributed by atoms with Crippen molar-refractivity contribution in [2.24, 2.45) is 5.41 Å². The number of ether oxygens (including phenoxy) is 5. The molecule has 2 fully saturated rings. The molecular formula is C44H49ClN6O9S. The lowest BCUT2D eigenvalue weighted by Crippen LogP contribution is -2.46. The minimum atomic E-state index is -4.67. The van der Waals surface area contributed by atoms with Gasteiger partial charge in [-0.25, -0.2) is 18.8 Å². The summed E-state index contributed by atoms with van der Waals surface area (Å²) in [6.07, 6.45) is 2.14. The van der Waals surface area contributed by atoms with Crippen molar-refractivity contribution < 1.29 is 41.7 Å². The number of esters is 1. The number of halogens is 1. The first-order chi connectivity index (χ1) is 29.2. The topological polar surface area (TPSA) is 164 Å². The van der Waals surface area contributed by atoms with E-state index in [1.54, 1.807) is 61.7 Å². The summed E-state index contributed by atoms with van der Waals surface area (Å²) in [6.45, 7) is 10.1. The number of fused-ring (bicyclic) bond motifs is 2. The highest BCUT2D eigenvalue weighted by Crippen LogP contribution is 2.49. The SMILES string of the molecule is CCOC(=O)CN(c1ccc2nc(CN3CCC(c4cccc5c4O[C@@](C)(c4ccc(Cl)cn4)O5)CC3)n([C@@H]3COCC3(C)C)c2c1)S(=O)(=O)NC(=O)OCc1ccccc1. The van der Waals surface area contributed by atoms with Gasteiger partial charge in [-0.2, -0.15) is 8.42 Å². The summed E-state index contributed by atoms with van der Waals surface area (Å²) in [6, 6.07) is 23.3. The number of carbonyl (C=O) groups excluding carboxylic acids is 2. The average Bonchev–Trinajstić information content (AvgIpc) is 3.90. The van der Waals surface area contributed by atoms with Gasteiger partial charge in [-0.3, -0.25) is 14.7 Å². The second-order valence-electron chi connectivity index (χ2n) is 16.3. The molecule has 15 nitrogen and oxygen atoms in total. The molecule has 0 radical (unpaired) electrons. The Morgan fingerprint density at radius 2 is 1.77 bits per heavy atom. The molecule has 3 aliphatic rings. The molecule has 0 spiro atoms. The maximum absolute atomic E-state index is 13.9. The lowest BCUT2D eigenvalue weighted by Gasteiger charge is -2.34. The molecule has 3 aliphatic heterocycles. The molecule has 5 aromatic rings. The van der Waals surface area contributed by atoms with Crippen molar-refractivity contribution in [3.05, 3.63) is 113 Å². The van der Waals surface area contributed by atoms with Gasteiger partial charge in [-0.15, -0.1) is 0 Å². The number of rotatable bonds is 13. The van der Waals surface area contributed by atoms with Crippen LogP contribution in [-0.4, -0.2) is 79.4 Å². The van der Waals surface area contributed by atoms with E-state index in [4.69, 9.17) is 40.3 Å². The number of nitrogens with zero attached hydrogens (tertiary/aromatic N) is 5. The summed E-state index contributed by atoms with van der Waals surface area (Å²) < 4.78 is 61.9.